The van der Waals surface area contributed by atoms with Crippen molar-refractivity contribution in [1.29, 1.82) is 0 Å². The zero-order valence-electron chi connectivity index (χ0n) is 6.32. The summed E-state index contributed by atoms with van der Waals surface area (Å²) in [6.45, 7) is 1.00. The highest BCUT2D eigenvalue weighted by atomic mass is 17.2. The van der Waals surface area contributed by atoms with Crippen LogP contribution < -0.4 is 0 Å². The summed E-state index contributed by atoms with van der Waals surface area (Å²) in [6, 6.07) is 0. The van der Waals surface area contributed by atoms with Crippen LogP contribution in [0.2, 0.25) is 0 Å². The molecule has 0 heterocycles. The summed E-state index contributed by atoms with van der Waals surface area (Å²) in [5.74, 6) is -0.505. The lowest BCUT2D eigenvalue weighted by Gasteiger charge is -2.05. The standard InChI is InChI=1S/C6H12O5/c1-2-6(9)11-10-4-5(8)3-7/h5,7-8H,2-4H2,1H3. The predicted octanol–water partition coefficient (Wildman–Crippen LogP) is -0.776. The zero-order valence-corrected chi connectivity index (χ0v) is 6.32. The summed E-state index contributed by atoms with van der Waals surface area (Å²) in [5, 5.41) is 17.0. The molecule has 0 saturated carbocycles. The van der Waals surface area contributed by atoms with E-state index in [1.807, 2.05) is 0 Å². The molecule has 5 heteroatoms. The van der Waals surface area contributed by atoms with Crippen LogP contribution >= 0.6 is 0 Å². The lowest BCUT2D eigenvalue weighted by atomic mass is 10.4. The van der Waals surface area contributed by atoms with Gasteiger partial charge in [0.1, 0.15) is 12.7 Å². The van der Waals surface area contributed by atoms with Gasteiger partial charge in [0.15, 0.2) is 0 Å². The minimum Gasteiger partial charge on any atom is -0.394 e. The van der Waals surface area contributed by atoms with Gasteiger partial charge in [0.05, 0.1) is 6.61 Å². The maximum Gasteiger partial charge on any atom is 0.342 e. The molecule has 0 aliphatic rings. The van der Waals surface area contributed by atoms with Gasteiger partial charge >= 0.3 is 5.97 Å². The van der Waals surface area contributed by atoms with E-state index in [4.69, 9.17) is 10.2 Å². The van der Waals surface area contributed by atoms with Crippen LogP contribution in [0.15, 0.2) is 0 Å². The summed E-state index contributed by atoms with van der Waals surface area (Å²) in [6.07, 6.45) is -0.783. The normalized spacial score (nSPS) is 12.6. The van der Waals surface area contributed by atoms with E-state index in [0.29, 0.717) is 0 Å². The van der Waals surface area contributed by atoms with E-state index < -0.39 is 18.7 Å². The van der Waals surface area contributed by atoms with Gasteiger partial charge in [-0.05, 0) is 0 Å². The van der Waals surface area contributed by atoms with E-state index in [0.717, 1.165) is 0 Å². The van der Waals surface area contributed by atoms with Gasteiger partial charge in [0.2, 0.25) is 0 Å². The van der Waals surface area contributed by atoms with Crippen molar-refractivity contribution in [1.82, 2.24) is 0 Å². The minimum absolute atomic E-state index is 0.206. The van der Waals surface area contributed by atoms with E-state index in [2.05, 4.69) is 9.78 Å². The van der Waals surface area contributed by atoms with E-state index in [1.54, 1.807) is 6.92 Å². The topological polar surface area (TPSA) is 76.0 Å². The SMILES string of the molecule is CCC(=O)OOCC(O)CO. The number of carbonyl (C=O) groups excluding carboxylic acids is 1. The lowest BCUT2D eigenvalue weighted by Crippen LogP contribution is -2.20. The Morgan fingerprint density at radius 3 is 2.73 bits per heavy atom. The molecule has 0 radical (unpaired) electrons. The van der Waals surface area contributed by atoms with Crippen LogP contribution in [0, 0.1) is 0 Å². The first-order valence-corrected chi connectivity index (χ1v) is 3.32. The Kier molecular flexibility index (Phi) is 5.73. The van der Waals surface area contributed by atoms with Crippen molar-refractivity contribution in [3.63, 3.8) is 0 Å². The number of rotatable bonds is 5. The first-order chi connectivity index (χ1) is 5.20. The van der Waals surface area contributed by atoms with Gasteiger partial charge in [-0.1, -0.05) is 6.92 Å². The highest BCUT2D eigenvalue weighted by Gasteiger charge is 2.04. The molecule has 0 aromatic carbocycles. The second kappa shape index (κ2) is 6.09. The molecular formula is C6H12O5. The number of carbonyl (C=O) groups is 1. The number of hydrogen-bond acceptors (Lipinski definition) is 5. The summed E-state index contributed by atoms with van der Waals surface area (Å²) in [5.41, 5.74) is 0. The third-order valence-corrected chi connectivity index (χ3v) is 0.912. The summed E-state index contributed by atoms with van der Waals surface area (Å²) in [7, 11) is 0. The Morgan fingerprint density at radius 1 is 1.64 bits per heavy atom. The molecule has 1 unspecified atom stereocenters. The molecule has 0 rings (SSSR count). The monoisotopic (exact) mass is 164 g/mol. The van der Waals surface area contributed by atoms with Crippen LogP contribution in [-0.2, 0) is 14.6 Å². The van der Waals surface area contributed by atoms with Crippen LogP contribution in [0.1, 0.15) is 13.3 Å². The van der Waals surface area contributed by atoms with E-state index in [9.17, 15) is 4.79 Å². The number of aliphatic hydroxyl groups excluding tert-OH is 2. The fraction of sp³-hybridized carbons (Fsp3) is 0.833. The number of hydrogen-bond donors (Lipinski definition) is 2. The summed E-state index contributed by atoms with van der Waals surface area (Å²) in [4.78, 5) is 18.8. The van der Waals surface area contributed by atoms with E-state index in [-0.39, 0.29) is 13.0 Å². The molecule has 0 fully saturated rings. The van der Waals surface area contributed by atoms with Crippen molar-refractivity contribution >= 4 is 5.97 Å². The Labute approximate surface area is 64.5 Å². The van der Waals surface area contributed by atoms with Crippen LogP contribution in [0.3, 0.4) is 0 Å². The quantitative estimate of drug-likeness (QED) is 0.412. The molecule has 11 heavy (non-hydrogen) atoms. The van der Waals surface area contributed by atoms with Crippen molar-refractivity contribution in [2.75, 3.05) is 13.2 Å². The van der Waals surface area contributed by atoms with Crippen LogP contribution in [0.4, 0.5) is 0 Å². The smallest absolute Gasteiger partial charge is 0.342 e. The van der Waals surface area contributed by atoms with Gasteiger partial charge in [0, 0.05) is 6.42 Å². The lowest BCUT2D eigenvalue weighted by molar-refractivity contribution is -0.282. The van der Waals surface area contributed by atoms with Gasteiger partial charge in [-0.15, -0.1) is 0 Å². The number of aliphatic hydroxyl groups is 2. The molecule has 0 bridgehead atoms. The molecule has 2 N–H and O–H groups in total. The molecule has 0 aliphatic heterocycles. The van der Waals surface area contributed by atoms with Crippen molar-refractivity contribution in [3.8, 4) is 0 Å². The Bertz CT molecular complexity index is 114. The Morgan fingerprint density at radius 2 is 2.27 bits per heavy atom. The van der Waals surface area contributed by atoms with Gasteiger partial charge in [-0.3, -0.25) is 4.89 Å². The van der Waals surface area contributed by atoms with Crippen LogP contribution in [-0.4, -0.2) is 35.5 Å². The summed E-state index contributed by atoms with van der Waals surface area (Å²) < 4.78 is 0. The van der Waals surface area contributed by atoms with Gasteiger partial charge in [-0.25, -0.2) is 4.79 Å². The molecule has 0 spiro atoms. The van der Waals surface area contributed by atoms with Crippen molar-refractivity contribution in [2.24, 2.45) is 0 Å². The van der Waals surface area contributed by atoms with E-state index in [1.165, 1.54) is 0 Å². The summed E-state index contributed by atoms with van der Waals surface area (Å²) >= 11 is 0. The molecule has 0 saturated heterocycles. The maximum atomic E-state index is 10.4. The average molecular weight is 164 g/mol. The highest BCUT2D eigenvalue weighted by Crippen LogP contribution is 1.88. The minimum atomic E-state index is -1.00. The highest BCUT2D eigenvalue weighted by molar-refractivity contribution is 5.68. The first-order valence-electron chi connectivity index (χ1n) is 3.32. The third-order valence-electron chi connectivity index (χ3n) is 0.912. The second-order valence-electron chi connectivity index (χ2n) is 1.93. The van der Waals surface area contributed by atoms with Crippen molar-refractivity contribution < 1.29 is 24.8 Å². The average Bonchev–Trinajstić information content (AvgIpc) is 2.04. The molecule has 66 valence electrons. The van der Waals surface area contributed by atoms with Crippen LogP contribution in [0.5, 0.6) is 0 Å². The second-order valence-corrected chi connectivity index (χ2v) is 1.93. The fourth-order valence-electron chi connectivity index (χ4n) is 0.290. The zero-order chi connectivity index (χ0) is 8.69. The molecule has 5 nitrogen and oxygen atoms in total. The first kappa shape index (κ1) is 10.3. The van der Waals surface area contributed by atoms with Crippen molar-refractivity contribution in [2.45, 2.75) is 19.4 Å². The molecule has 0 aliphatic carbocycles. The largest absolute Gasteiger partial charge is 0.394 e. The maximum absolute atomic E-state index is 10.4. The van der Waals surface area contributed by atoms with Crippen LogP contribution in [0.25, 0.3) is 0 Å². The van der Waals surface area contributed by atoms with Crippen molar-refractivity contribution in [3.05, 3.63) is 0 Å². The molecule has 0 amide bonds. The Hall–Kier alpha value is -0.650. The molecule has 0 aromatic rings. The van der Waals surface area contributed by atoms with E-state index >= 15 is 0 Å². The third kappa shape index (κ3) is 5.78. The molecular weight excluding hydrogens is 152 g/mol. The van der Waals surface area contributed by atoms with Gasteiger partial charge in [-0.2, -0.15) is 4.89 Å². The Balaban J connectivity index is 3.20. The van der Waals surface area contributed by atoms with Gasteiger partial charge in [0.25, 0.3) is 0 Å². The molecule has 1 atom stereocenters. The predicted molar refractivity (Wildman–Crippen MR) is 35.4 cm³/mol. The fourth-order valence-corrected chi connectivity index (χ4v) is 0.290. The molecule has 0 aromatic heterocycles. The van der Waals surface area contributed by atoms with Gasteiger partial charge < -0.3 is 10.2 Å².